The Kier molecular flexibility index (Phi) is 5.08. The molecule has 3 amide bonds. The van der Waals surface area contributed by atoms with E-state index in [1.165, 1.54) is 11.1 Å². The van der Waals surface area contributed by atoms with Gasteiger partial charge in [0.1, 0.15) is 6.04 Å². The Bertz CT molecular complexity index is 1070. The Morgan fingerprint density at radius 2 is 1.87 bits per heavy atom. The van der Waals surface area contributed by atoms with Crippen LogP contribution in [-0.4, -0.2) is 46.7 Å². The molecule has 0 aromatic heterocycles. The highest BCUT2D eigenvalue weighted by molar-refractivity contribution is 6.05. The summed E-state index contributed by atoms with van der Waals surface area (Å²) in [6, 6.07) is 14.0. The number of nitrogens with two attached hydrogens (primary N) is 1. The highest BCUT2D eigenvalue weighted by Crippen LogP contribution is 2.32. The summed E-state index contributed by atoms with van der Waals surface area (Å²) in [5.74, 6) is -0.788. The Hall–Kier alpha value is -3.03. The maximum atomic E-state index is 12.9. The zero-order valence-electron chi connectivity index (χ0n) is 17.3. The molecule has 0 spiro atoms. The van der Waals surface area contributed by atoms with Gasteiger partial charge in [0, 0.05) is 44.2 Å². The largest absolute Gasteiger partial charge is 0.329 e. The van der Waals surface area contributed by atoms with Crippen molar-refractivity contribution >= 4 is 17.7 Å². The van der Waals surface area contributed by atoms with Crippen molar-refractivity contribution in [2.75, 3.05) is 13.1 Å². The fourth-order valence-electron chi connectivity index (χ4n) is 5.13. The summed E-state index contributed by atoms with van der Waals surface area (Å²) in [6.45, 7) is 2.66. The van der Waals surface area contributed by atoms with Gasteiger partial charge in [-0.15, -0.1) is 0 Å². The van der Waals surface area contributed by atoms with Crippen LogP contribution in [0, 0.1) is 0 Å². The van der Waals surface area contributed by atoms with Gasteiger partial charge in [-0.05, 0) is 41.2 Å². The Labute approximate surface area is 181 Å². The number of piperidine rings is 1. The topological polar surface area (TPSA) is 95.7 Å². The van der Waals surface area contributed by atoms with Gasteiger partial charge in [-0.3, -0.25) is 24.6 Å². The van der Waals surface area contributed by atoms with Crippen molar-refractivity contribution in [3.8, 4) is 0 Å². The monoisotopic (exact) mass is 418 g/mol. The number of hydrogen-bond acceptors (Lipinski definition) is 5. The number of fused-ring (bicyclic) bond motifs is 2. The minimum atomic E-state index is -0.582. The van der Waals surface area contributed by atoms with E-state index in [1.807, 2.05) is 12.1 Å². The van der Waals surface area contributed by atoms with E-state index >= 15 is 0 Å². The van der Waals surface area contributed by atoms with Crippen molar-refractivity contribution in [1.29, 1.82) is 0 Å². The molecule has 3 N–H and O–H groups in total. The number of nitrogens with one attached hydrogen (secondary N) is 1. The minimum absolute atomic E-state index is 0.136. The molecule has 3 aliphatic heterocycles. The molecule has 2 aromatic carbocycles. The van der Waals surface area contributed by atoms with E-state index in [0.29, 0.717) is 25.1 Å². The van der Waals surface area contributed by atoms with Crippen molar-refractivity contribution in [2.45, 2.75) is 44.4 Å². The predicted octanol–water partition coefficient (Wildman–Crippen LogP) is 1.51. The average Bonchev–Trinajstić information content (AvgIpc) is 3.09. The van der Waals surface area contributed by atoms with Crippen molar-refractivity contribution in [1.82, 2.24) is 15.1 Å². The first-order chi connectivity index (χ1) is 15.0. The first kappa shape index (κ1) is 19.9. The van der Waals surface area contributed by atoms with Crippen molar-refractivity contribution in [2.24, 2.45) is 5.73 Å². The summed E-state index contributed by atoms with van der Waals surface area (Å²) in [7, 11) is 0. The lowest BCUT2D eigenvalue weighted by Gasteiger charge is -2.36. The number of nitrogens with zero attached hydrogens (tertiary/aromatic N) is 2. The standard InChI is InChI=1S/C24H26N4O3/c25-12-21-18-4-2-1-3-16(18)9-10-27(21)13-15-5-6-19-17(11-15)14-28(24(19)31)20-7-8-22(29)26-23(20)30/h1-6,11,20-21H,7-10,12-14,25H2,(H,26,29,30). The Morgan fingerprint density at radius 1 is 1.03 bits per heavy atom. The van der Waals surface area contributed by atoms with Crippen LogP contribution in [0.15, 0.2) is 42.5 Å². The third-order valence-corrected chi connectivity index (χ3v) is 6.72. The van der Waals surface area contributed by atoms with Gasteiger partial charge in [0.2, 0.25) is 11.8 Å². The average molecular weight is 418 g/mol. The van der Waals surface area contributed by atoms with E-state index in [0.717, 1.165) is 30.6 Å². The van der Waals surface area contributed by atoms with Crippen LogP contribution in [0.5, 0.6) is 0 Å². The quantitative estimate of drug-likeness (QED) is 0.734. The molecule has 1 fully saturated rings. The second kappa shape index (κ2) is 7.90. The fraction of sp³-hybridized carbons (Fsp3) is 0.375. The van der Waals surface area contributed by atoms with Gasteiger partial charge in [-0.25, -0.2) is 0 Å². The number of carbonyl (C=O) groups excluding carboxylic acids is 3. The molecule has 1 saturated heterocycles. The molecule has 0 aliphatic carbocycles. The van der Waals surface area contributed by atoms with Gasteiger partial charge in [0.05, 0.1) is 0 Å². The highest BCUT2D eigenvalue weighted by atomic mass is 16.2. The number of imide groups is 1. The van der Waals surface area contributed by atoms with Crippen LogP contribution in [0.25, 0.3) is 0 Å². The normalized spacial score (nSPS) is 23.5. The summed E-state index contributed by atoms with van der Waals surface area (Å²) < 4.78 is 0. The van der Waals surface area contributed by atoms with Crippen LogP contribution >= 0.6 is 0 Å². The Balaban J connectivity index is 1.34. The van der Waals surface area contributed by atoms with E-state index in [4.69, 9.17) is 5.73 Å². The molecule has 7 nitrogen and oxygen atoms in total. The molecular formula is C24H26N4O3. The maximum Gasteiger partial charge on any atom is 0.255 e. The highest BCUT2D eigenvalue weighted by Gasteiger charge is 2.39. The lowest BCUT2D eigenvalue weighted by atomic mass is 9.92. The molecule has 160 valence electrons. The molecule has 3 heterocycles. The molecule has 31 heavy (non-hydrogen) atoms. The number of amides is 3. The van der Waals surface area contributed by atoms with Crippen LogP contribution in [0.4, 0.5) is 0 Å². The smallest absolute Gasteiger partial charge is 0.255 e. The number of hydrogen-bond donors (Lipinski definition) is 2. The zero-order valence-corrected chi connectivity index (χ0v) is 17.3. The molecule has 5 rings (SSSR count). The molecule has 2 unspecified atom stereocenters. The van der Waals surface area contributed by atoms with E-state index < -0.39 is 6.04 Å². The van der Waals surface area contributed by atoms with Crippen molar-refractivity contribution < 1.29 is 14.4 Å². The molecule has 2 aromatic rings. The predicted molar refractivity (Wildman–Crippen MR) is 115 cm³/mol. The van der Waals surface area contributed by atoms with Gasteiger partial charge in [0.15, 0.2) is 0 Å². The molecule has 2 atom stereocenters. The number of carbonyl (C=O) groups is 3. The molecule has 0 saturated carbocycles. The molecule has 0 bridgehead atoms. The van der Waals surface area contributed by atoms with Crippen molar-refractivity contribution in [3.63, 3.8) is 0 Å². The van der Waals surface area contributed by atoms with E-state index in [9.17, 15) is 14.4 Å². The Morgan fingerprint density at radius 3 is 2.68 bits per heavy atom. The minimum Gasteiger partial charge on any atom is -0.329 e. The summed E-state index contributed by atoms with van der Waals surface area (Å²) in [4.78, 5) is 40.6. The van der Waals surface area contributed by atoms with Crippen LogP contribution in [0.1, 0.15) is 51.5 Å². The maximum absolute atomic E-state index is 12.9. The van der Waals surface area contributed by atoms with Crippen LogP contribution in [0.3, 0.4) is 0 Å². The second-order valence-corrected chi connectivity index (χ2v) is 8.56. The SMILES string of the molecule is NCC1c2ccccc2CCN1Cc1ccc2c(c1)CN(C1CCC(=O)NC1=O)C2=O. The van der Waals surface area contributed by atoms with Crippen LogP contribution in [0.2, 0.25) is 0 Å². The van der Waals surface area contributed by atoms with E-state index in [-0.39, 0.29) is 30.2 Å². The summed E-state index contributed by atoms with van der Waals surface area (Å²) in [6.07, 6.45) is 1.64. The van der Waals surface area contributed by atoms with Gasteiger partial charge in [0.25, 0.3) is 5.91 Å². The molecular weight excluding hydrogens is 392 g/mol. The summed E-state index contributed by atoms with van der Waals surface area (Å²) >= 11 is 0. The third-order valence-electron chi connectivity index (χ3n) is 6.72. The lowest BCUT2D eigenvalue weighted by molar-refractivity contribution is -0.136. The summed E-state index contributed by atoms with van der Waals surface area (Å²) in [5.41, 5.74) is 11.5. The number of benzene rings is 2. The molecule has 0 radical (unpaired) electrons. The summed E-state index contributed by atoms with van der Waals surface area (Å²) in [5, 5.41) is 2.35. The van der Waals surface area contributed by atoms with Crippen LogP contribution in [-0.2, 0) is 29.1 Å². The third kappa shape index (κ3) is 3.54. The fourth-order valence-corrected chi connectivity index (χ4v) is 5.13. The molecule has 3 aliphatic rings. The van der Waals surface area contributed by atoms with E-state index in [1.54, 1.807) is 4.90 Å². The number of rotatable bonds is 4. The van der Waals surface area contributed by atoms with Gasteiger partial charge < -0.3 is 10.6 Å². The van der Waals surface area contributed by atoms with Gasteiger partial charge in [-0.1, -0.05) is 36.4 Å². The van der Waals surface area contributed by atoms with Gasteiger partial charge in [-0.2, -0.15) is 0 Å². The van der Waals surface area contributed by atoms with Crippen molar-refractivity contribution in [3.05, 3.63) is 70.3 Å². The lowest BCUT2D eigenvalue weighted by Crippen LogP contribution is -2.52. The van der Waals surface area contributed by atoms with Gasteiger partial charge >= 0.3 is 0 Å². The first-order valence-corrected chi connectivity index (χ1v) is 10.8. The molecule has 7 heteroatoms. The van der Waals surface area contributed by atoms with Crippen LogP contribution < -0.4 is 11.1 Å². The second-order valence-electron chi connectivity index (χ2n) is 8.56. The van der Waals surface area contributed by atoms with E-state index in [2.05, 4.69) is 40.5 Å². The zero-order chi connectivity index (χ0) is 21.5. The first-order valence-electron chi connectivity index (χ1n) is 10.8.